The first kappa shape index (κ1) is 19.4. The average molecular weight is 396 g/mol. The van der Waals surface area contributed by atoms with E-state index in [0.717, 1.165) is 16.5 Å². The number of amides is 1. The van der Waals surface area contributed by atoms with Gasteiger partial charge in [0.25, 0.3) is 5.91 Å². The first-order valence-corrected chi connectivity index (χ1v) is 9.79. The van der Waals surface area contributed by atoms with Crippen LogP contribution in [-0.4, -0.2) is 39.4 Å². The summed E-state index contributed by atoms with van der Waals surface area (Å²) in [5.41, 5.74) is 1.97. The van der Waals surface area contributed by atoms with E-state index in [4.69, 9.17) is 4.42 Å². The van der Waals surface area contributed by atoms with E-state index in [2.05, 4.69) is 10.3 Å². The third-order valence-corrected chi connectivity index (χ3v) is 5.64. The predicted molar refractivity (Wildman–Crippen MR) is 108 cm³/mol. The Hall–Kier alpha value is -2.90. The Labute approximate surface area is 167 Å². The highest BCUT2D eigenvalue weighted by molar-refractivity contribution is 5.95. The monoisotopic (exact) mass is 396 g/mol. The van der Waals surface area contributed by atoms with Gasteiger partial charge in [-0.1, -0.05) is 18.2 Å². The zero-order valence-electron chi connectivity index (χ0n) is 16.1. The first-order valence-electron chi connectivity index (χ1n) is 9.79. The summed E-state index contributed by atoms with van der Waals surface area (Å²) < 4.78 is 5.39. The topological polar surface area (TPSA) is 116 Å². The maximum Gasteiger partial charge on any atom is 0.349 e. The van der Waals surface area contributed by atoms with Gasteiger partial charge in [-0.2, -0.15) is 0 Å². The molecule has 0 saturated heterocycles. The number of hydrogen-bond donors (Lipinski definition) is 4. The van der Waals surface area contributed by atoms with E-state index >= 15 is 0 Å². The number of aromatic amines is 1. The predicted octanol–water partition coefficient (Wildman–Crippen LogP) is 1.83. The number of nitrogens with one attached hydrogen (secondary N) is 2. The van der Waals surface area contributed by atoms with E-state index in [1.807, 2.05) is 30.5 Å². The molecule has 7 nitrogen and oxygen atoms in total. The van der Waals surface area contributed by atoms with Crippen LogP contribution in [0.2, 0.25) is 0 Å². The Kier molecular flexibility index (Phi) is 5.25. The molecule has 1 amide bonds. The van der Waals surface area contributed by atoms with Crippen molar-refractivity contribution in [2.45, 2.75) is 50.9 Å². The fourth-order valence-electron chi connectivity index (χ4n) is 4.02. The smallest absolute Gasteiger partial charge is 0.349 e. The van der Waals surface area contributed by atoms with Crippen molar-refractivity contribution in [2.75, 3.05) is 0 Å². The fraction of sp³-hybridized carbons (Fsp3) is 0.364. The number of H-pyrrole nitrogens is 1. The van der Waals surface area contributed by atoms with Gasteiger partial charge in [0.1, 0.15) is 17.4 Å². The first-order chi connectivity index (χ1) is 13.9. The molecular weight excluding hydrogens is 372 g/mol. The number of aliphatic hydroxyl groups excluding tert-OH is 2. The molecule has 0 unspecified atom stereocenters. The number of para-hydroxylation sites is 1. The Morgan fingerprint density at radius 3 is 2.76 bits per heavy atom. The van der Waals surface area contributed by atoms with Crippen LogP contribution in [0, 0.1) is 6.92 Å². The number of aromatic nitrogens is 1. The van der Waals surface area contributed by atoms with Crippen LogP contribution in [0.25, 0.3) is 10.9 Å². The molecule has 0 spiro atoms. The minimum Gasteiger partial charge on any atom is -0.427 e. The van der Waals surface area contributed by atoms with E-state index in [1.54, 1.807) is 13.0 Å². The highest BCUT2D eigenvalue weighted by Crippen LogP contribution is 2.21. The molecule has 7 heteroatoms. The maximum atomic E-state index is 12.5. The van der Waals surface area contributed by atoms with E-state index in [1.165, 1.54) is 0 Å². The summed E-state index contributed by atoms with van der Waals surface area (Å²) in [7, 11) is 0. The third kappa shape index (κ3) is 3.83. The molecule has 0 bridgehead atoms. The highest BCUT2D eigenvalue weighted by atomic mass is 16.4. The summed E-state index contributed by atoms with van der Waals surface area (Å²) in [5.74, 6) is -0.0665. The second kappa shape index (κ2) is 7.85. The molecule has 1 aliphatic carbocycles. The molecule has 1 aliphatic rings. The molecule has 29 heavy (non-hydrogen) atoms. The van der Waals surface area contributed by atoms with Crippen molar-refractivity contribution in [1.82, 2.24) is 10.3 Å². The molecule has 2 heterocycles. The van der Waals surface area contributed by atoms with Crippen LogP contribution in [-0.2, 0) is 12.8 Å². The van der Waals surface area contributed by atoms with Gasteiger partial charge in [-0.25, -0.2) is 4.79 Å². The summed E-state index contributed by atoms with van der Waals surface area (Å²) in [6.07, 6.45) is 2.18. The van der Waals surface area contributed by atoms with Crippen LogP contribution in [0.4, 0.5) is 0 Å². The molecule has 1 aromatic carbocycles. The summed E-state index contributed by atoms with van der Waals surface area (Å²) >= 11 is 0. The SMILES string of the molecule is Cc1cc(CCc2c[nH]c3ccccc23)oc(=O)c1C(=O)N[C@@H]1CC[C@@H](O)[C@@H]1O. The van der Waals surface area contributed by atoms with Crippen LogP contribution in [0.15, 0.2) is 45.7 Å². The fourth-order valence-corrected chi connectivity index (χ4v) is 4.02. The lowest BCUT2D eigenvalue weighted by atomic mass is 10.0. The number of carbonyl (C=O) groups excluding carboxylic acids is 1. The summed E-state index contributed by atoms with van der Waals surface area (Å²) in [6.45, 7) is 1.70. The molecule has 2 aromatic heterocycles. The van der Waals surface area contributed by atoms with Gasteiger partial charge in [0.2, 0.25) is 0 Å². The molecule has 1 saturated carbocycles. The van der Waals surface area contributed by atoms with Crippen LogP contribution in [0.5, 0.6) is 0 Å². The molecule has 3 aromatic rings. The molecule has 1 fully saturated rings. The molecule has 0 radical (unpaired) electrons. The van der Waals surface area contributed by atoms with Gasteiger partial charge < -0.3 is 24.9 Å². The summed E-state index contributed by atoms with van der Waals surface area (Å²) in [4.78, 5) is 28.2. The van der Waals surface area contributed by atoms with Crippen molar-refractivity contribution < 1.29 is 19.4 Å². The van der Waals surface area contributed by atoms with Gasteiger partial charge >= 0.3 is 5.63 Å². The molecule has 3 atom stereocenters. The lowest BCUT2D eigenvalue weighted by Gasteiger charge is -2.18. The van der Waals surface area contributed by atoms with Gasteiger partial charge in [0, 0.05) is 23.5 Å². The van der Waals surface area contributed by atoms with E-state index in [9.17, 15) is 19.8 Å². The van der Waals surface area contributed by atoms with Crippen molar-refractivity contribution in [1.29, 1.82) is 0 Å². The molecule has 4 rings (SSSR count). The molecule has 4 N–H and O–H groups in total. The lowest BCUT2D eigenvalue weighted by Crippen LogP contribution is -2.44. The van der Waals surface area contributed by atoms with Crippen molar-refractivity contribution in [2.24, 2.45) is 0 Å². The van der Waals surface area contributed by atoms with Gasteiger partial charge in [-0.15, -0.1) is 0 Å². The second-order valence-electron chi connectivity index (χ2n) is 7.63. The van der Waals surface area contributed by atoms with Gasteiger partial charge in [-0.3, -0.25) is 4.79 Å². The number of rotatable bonds is 5. The van der Waals surface area contributed by atoms with Crippen LogP contribution < -0.4 is 10.9 Å². The molecule has 152 valence electrons. The minimum atomic E-state index is -1.03. The lowest BCUT2D eigenvalue weighted by molar-refractivity contribution is 0.0296. The zero-order valence-corrected chi connectivity index (χ0v) is 16.1. The average Bonchev–Trinajstić information content (AvgIpc) is 3.24. The van der Waals surface area contributed by atoms with Gasteiger partial charge in [-0.05, 0) is 49.4 Å². The number of aliphatic hydroxyl groups is 2. The van der Waals surface area contributed by atoms with E-state index < -0.39 is 29.8 Å². The summed E-state index contributed by atoms with van der Waals surface area (Å²) in [6, 6.07) is 9.15. The van der Waals surface area contributed by atoms with Crippen LogP contribution in [0.3, 0.4) is 0 Å². The number of aryl methyl sites for hydroxylation is 3. The standard InChI is InChI=1S/C22H24N2O5/c1-12-10-14(7-6-13-11-23-16-5-3-2-4-15(13)16)29-22(28)19(12)21(27)24-17-8-9-18(25)20(17)26/h2-5,10-11,17-18,20,23,25-26H,6-9H2,1H3,(H,24,27)/t17-,18-,20-/m1/s1. The molecular formula is C22H24N2O5. The number of fused-ring (bicyclic) bond motifs is 1. The quantitative estimate of drug-likeness (QED) is 0.525. The van der Waals surface area contributed by atoms with Crippen LogP contribution in [0.1, 0.15) is 40.1 Å². The van der Waals surface area contributed by atoms with E-state index in [0.29, 0.717) is 37.0 Å². The highest BCUT2D eigenvalue weighted by Gasteiger charge is 2.35. The normalized spacial score (nSPS) is 21.6. The van der Waals surface area contributed by atoms with Crippen molar-refractivity contribution in [3.63, 3.8) is 0 Å². The van der Waals surface area contributed by atoms with Gasteiger partial charge in [0.15, 0.2) is 0 Å². The Morgan fingerprint density at radius 2 is 2.03 bits per heavy atom. The number of benzene rings is 1. The van der Waals surface area contributed by atoms with Crippen LogP contribution >= 0.6 is 0 Å². The number of carbonyl (C=O) groups is 1. The second-order valence-corrected chi connectivity index (χ2v) is 7.63. The maximum absolute atomic E-state index is 12.5. The van der Waals surface area contributed by atoms with Gasteiger partial charge in [0.05, 0.1) is 12.1 Å². The van der Waals surface area contributed by atoms with Crippen molar-refractivity contribution in [3.05, 3.63) is 69.4 Å². The van der Waals surface area contributed by atoms with Crippen molar-refractivity contribution in [3.8, 4) is 0 Å². The Balaban J connectivity index is 1.48. The minimum absolute atomic E-state index is 0.0607. The summed E-state index contributed by atoms with van der Waals surface area (Å²) in [5, 5.41) is 23.3. The Bertz CT molecular complexity index is 1100. The van der Waals surface area contributed by atoms with Crippen molar-refractivity contribution >= 4 is 16.8 Å². The largest absolute Gasteiger partial charge is 0.427 e. The zero-order chi connectivity index (χ0) is 20.5. The third-order valence-electron chi connectivity index (χ3n) is 5.64. The Morgan fingerprint density at radius 1 is 1.24 bits per heavy atom. The van der Waals surface area contributed by atoms with E-state index in [-0.39, 0.29) is 5.56 Å². The number of hydrogen-bond acceptors (Lipinski definition) is 5. The molecule has 0 aliphatic heterocycles.